The third-order valence-electron chi connectivity index (χ3n) is 5.80. The number of rotatable bonds is 5. The Morgan fingerprint density at radius 3 is 2.59 bits per heavy atom. The number of nitrogens with zero attached hydrogens (tertiary/aromatic N) is 4. The van der Waals surface area contributed by atoms with Crippen molar-refractivity contribution in [2.75, 3.05) is 23.3 Å². The lowest BCUT2D eigenvalue weighted by atomic mass is 10.1. The lowest BCUT2D eigenvalue weighted by Gasteiger charge is -2.20. The Labute approximate surface area is 186 Å². The van der Waals surface area contributed by atoms with Crippen LogP contribution in [-0.2, 0) is 11.2 Å². The van der Waals surface area contributed by atoms with E-state index in [0.29, 0.717) is 17.0 Å². The second-order valence-electron chi connectivity index (χ2n) is 8.11. The first-order valence-electron chi connectivity index (χ1n) is 11.1. The molecular weight excluding hydrogens is 402 g/mol. The van der Waals surface area contributed by atoms with Crippen molar-refractivity contribution in [1.29, 1.82) is 0 Å². The van der Waals surface area contributed by atoms with E-state index in [1.807, 2.05) is 60.7 Å². The molecule has 1 fully saturated rings. The number of amides is 1. The average Bonchev–Trinajstić information content (AvgIpc) is 3.04. The van der Waals surface area contributed by atoms with Gasteiger partial charge in [0.05, 0.1) is 12.1 Å². The van der Waals surface area contributed by atoms with E-state index < -0.39 is 0 Å². The van der Waals surface area contributed by atoms with Crippen LogP contribution in [0.5, 0.6) is 0 Å². The van der Waals surface area contributed by atoms with Crippen LogP contribution in [0.1, 0.15) is 31.4 Å². The molecule has 32 heavy (non-hydrogen) atoms. The van der Waals surface area contributed by atoms with Crippen molar-refractivity contribution in [2.45, 2.75) is 32.1 Å². The second-order valence-corrected chi connectivity index (χ2v) is 8.11. The van der Waals surface area contributed by atoms with Gasteiger partial charge in [0.2, 0.25) is 5.91 Å². The SMILES string of the molecule is O=C(Cc1noc2ccccc12)Nc1cccc(-c2ccc(N3CCCCCC3)nn2)c1. The minimum absolute atomic E-state index is 0.144. The molecule has 1 N–H and O–H groups in total. The third kappa shape index (κ3) is 4.46. The Morgan fingerprint density at radius 1 is 0.938 bits per heavy atom. The molecular formula is C25H25N5O2. The number of fused-ring (bicyclic) bond motifs is 1. The molecule has 162 valence electrons. The van der Waals surface area contributed by atoms with Crippen LogP contribution in [0.4, 0.5) is 11.5 Å². The molecule has 0 atom stereocenters. The van der Waals surface area contributed by atoms with Crippen LogP contribution >= 0.6 is 0 Å². The zero-order valence-corrected chi connectivity index (χ0v) is 17.8. The van der Waals surface area contributed by atoms with E-state index in [1.165, 1.54) is 25.7 Å². The van der Waals surface area contributed by atoms with Crippen LogP contribution in [0.15, 0.2) is 65.2 Å². The minimum Gasteiger partial charge on any atom is -0.356 e. The summed E-state index contributed by atoms with van der Waals surface area (Å²) in [4.78, 5) is 14.9. The number of aromatic nitrogens is 3. The van der Waals surface area contributed by atoms with Gasteiger partial charge in [-0.1, -0.05) is 42.3 Å². The van der Waals surface area contributed by atoms with Gasteiger partial charge in [-0.05, 0) is 49.2 Å². The summed E-state index contributed by atoms with van der Waals surface area (Å²) in [5, 5.41) is 16.7. The van der Waals surface area contributed by atoms with Gasteiger partial charge >= 0.3 is 0 Å². The topological polar surface area (TPSA) is 84.2 Å². The highest BCUT2D eigenvalue weighted by molar-refractivity contribution is 5.95. The summed E-state index contributed by atoms with van der Waals surface area (Å²) in [7, 11) is 0. The van der Waals surface area contributed by atoms with Gasteiger partial charge in [-0.2, -0.15) is 0 Å². The molecule has 0 spiro atoms. The molecule has 1 amide bonds. The number of benzene rings is 2. The molecule has 1 saturated heterocycles. The van der Waals surface area contributed by atoms with Crippen molar-refractivity contribution >= 4 is 28.4 Å². The predicted molar refractivity (Wildman–Crippen MR) is 124 cm³/mol. The van der Waals surface area contributed by atoms with E-state index in [2.05, 4.69) is 25.6 Å². The molecule has 0 aliphatic carbocycles. The van der Waals surface area contributed by atoms with Gasteiger partial charge in [0.15, 0.2) is 11.4 Å². The number of hydrogen-bond donors (Lipinski definition) is 1. The van der Waals surface area contributed by atoms with Crippen LogP contribution in [0.25, 0.3) is 22.2 Å². The molecule has 0 bridgehead atoms. The van der Waals surface area contributed by atoms with Crippen LogP contribution in [0, 0.1) is 0 Å². The van der Waals surface area contributed by atoms with Crippen molar-refractivity contribution in [2.24, 2.45) is 0 Å². The van der Waals surface area contributed by atoms with Crippen molar-refractivity contribution in [1.82, 2.24) is 15.4 Å². The smallest absolute Gasteiger partial charge is 0.230 e. The zero-order chi connectivity index (χ0) is 21.8. The lowest BCUT2D eigenvalue weighted by Crippen LogP contribution is -2.25. The summed E-state index contributed by atoms with van der Waals surface area (Å²) in [6, 6.07) is 19.2. The van der Waals surface area contributed by atoms with Crippen LogP contribution in [-0.4, -0.2) is 34.4 Å². The normalized spacial score (nSPS) is 14.3. The van der Waals surface area contributed by atoms with Gasteiger partial charge < -0.3 is 14.7 Å². The van der Waals surface area contributed by atoms with Gasteiger partial charge in [0, 0.05) is 29.7 Å². The fourth-order valence-electron chi connectivity index (χ4n) is 4.13. The molecule has 1 aliphatic heterocycles. The Morgan fingerprint density at radius 2 is 1.78 bits per heavy atom. The maximum absolute atomic E-state index is 12.6. The van der Waals surface area contributed by atoms with Gasteiger partial charge in [-0.3, -0.25) is 4.79 Å². The summed E-state index contributed by atoms with van der Waals surface area (Å²) in [5.41, 5.74) is 3.70. The van der Waals surface area contributed by atoms with E-state index >= 15 is 0 Å². The third-order valence-corrected chi connectivity index (χ3v) is 5.80. The van der Waals surface area contributed by atoms with Gasteiger partial charge in [-0.25, -0.2) is 0 Å². The highest BCUT2D eigenvalue weighted by Gasteiger charge is 2.14. The number of para-hydroxylation sites is 1. The summed E-state index contributed by atoms with van der Waals surface area (Å²) < 4.78 is 5.29. The number of hydrogen-bond acceptors (Lipinski definition) is 6. The molecule has 7 heteroatoms. The molecule has 4 aromatic rings. The fraction of sp³-hybridized carbons (Fsp3) is 0.280. The molecule has 0 saturated carbocycles. The molecule has 2 aromatic heterocycles. The first kappa shape index (κ1) is 20.2. The molecule has 3 heterocycles. The predicted octanol–water partition coefficient (Wildman–Crippen LogP) is 4.85. The molecule has 1 aliphatic rings. The molecule has 5 rings (SSSR count). The van der Waals surface area contributed by atoms with Gasteiger partial charge in [0.25, 0.3) is 0 Å². The Bertz CT molecular complexity index is 1210. The van der Waals surface area contributed by atoms with Crippen LogP contribution < -0.4 is 10.2 Å². The number of carbonyl (C=O) groups excluding carboxylic acids is 1. The first-order chi connectivity index (χ1) is 15.8. The maximum Gasteiger partial charge on any atom is 0.230 e. The Kier molecular flexibility index (Phi) is 5.79. The quantitative estimate of drug-likeness (QED) is 0.490. The maximum atomic E-state index is 12.6. The second kappa shape index (κ2) is 9.18. The van der Waals surface area contributed by atoms with E-state index in [9.17, 15) is 4.79 Å². The summed E-state index contributed by atoms with van der Waals surface area (Å²) in [5.74, 6) is 0.781. The van der Waals surface area contributed by atoms with E-state index in [1.54, 1.807) is 0 Å². The number of anilines is 2. The Balaban J connectivity index is 1.27. The van der Waals surface area contributed by atoms with Gasteiger partial charge in [-0.15, -0.1) is 10.2 Å². The van der Waals surface area contributed by atoms with Crippen molar-refractivity contribution < 1.29 is 9.32 Å². The zero-order valence-electron chi connectivity index (χ0n) is 17.8. The molecule has 0 radical (unpaired) electrons. The average molecular weight is 428 g/mol. The monoisotopic (exact) mass is 427 g/mol. The van der Waals surface area contributed by atoms with E-state index in [-0.39, 0.29) is 12.3 Å². The van der Waals surface area contributed by atoms with Crippen LogP contribution in [0.3, 0.4) is 0 Å². The van der Waals surface area contributed by atoms with Crippen molar-refractivity contribution in [3.63, 3.8) is 0 Å². The summed E-state index contributed by atoms with van der Waals surface area (Å²) in [6.07, 6.45) is 5.12. The molecule has 2 aromatic carbocycles. The number of nitrogens with one attached hydrogen (secondary N) is 1. The molecule has 0 unspecified atom stereocenters. The fourth-order valence-corrected chi connectivity index (χ4v) is 4.13. The molecule has 7 nitrogen and oxygen atoms in total. The largest absolute Gasteiger partial charge is 0.356 e. The summed E-state index contributed by atoms with van der Waals surface area (Å²) >= 11 is 0. The van der Waals surface area contributed by atoms with Crippen molar-refractivity contribution in [3.05, 3.63) is 66.4 Å². The van der Waals surface area contributed by atoms with E-state index in [4.69, 9.17) is 4.52 Å². The first-order valence-corrected chi connectivity index (χ1v) is 11.1. The lowest BCUT2D eigenvalue weighted by molar-refractivity contribution is -0.115. The number of carbonyl (C=O) groups is 1. The Hall–Kier alpha value is -3.74. The van der Waals surface area contributed by atoms with Crippen LogP contribution in [0.2, 0.25) is 0 Å². The standard InChI is InChI=1S/C25H25N5O2/c31-25(17-22-20-10-3-4-11-23(20)32-29-22)26-19-9-7-8-18(16-19)21-12-13-24(28-27-21)30-14-5-1-2-6-15-30/h3-4,7-13,16H,1-2,5-6,14-15,17H2,(H,26,31). The van der Waals surface area contributed by atoms with Gasteiger partial charge in [0.1, 0.15) is 5.69 Å². The summed E-state index contributed by atoms with van der Waals surface area (Å²) in [6.45, 7) is 2.08. The highest BCUT2D eigenvalue weighted by atomic mass is 16.5. The minimum atomic E-state index is -0.149. The van der Waals surface area contributed by atoms with Crippen molar-refractivity contribution in [3.8, 4) is 11.3 Å². The highest BCUT2D eigenvalue weighted by Crippen LogP contribution is 2.24. The van der Waals surface area contributed by atoms with E-state index in [0.717, 1.165) is 35.6 Å².